The zero-order valence-corrected chi connectivity index (χ0v) is 17.6. The first kappa shape index (κ1) is 21.3. The second-order valence-electron chi connectivity index (χ2n) is 6.76. The van der Waals surface area contributed by atoms with E-state index in [2.05, 4.69) is 19.4 Å². The molecule has 0 N–H and O–H groups in total. The summed E-state index contributed by atoms with van der Waals surface area (Å²) in [7, 11) is -5.83. The van der Waals surface area contributed by atoms with Gasteiger partial charge < -0.3 is 4.18 Å². The van der Waals surface area contributed by atoms with E-state index in [1.165, 1.54) is 12.1 Å². The minimum Gasteiger partial charge on any atom is -0.376 e. The van der Waals surface area contributed by atoms with Gasteiger partial charge >= 0.3 is 15.6 Å². The van der Waals surface area contributed by atoms with Crippen molar-refractivity contribution in [2.45, 2.75) is 25.4 Å². The number of aliphatic imine (C=N–C) groups is 1. The highest BCUT2D eigenvalue weighted by Crippen LogP contribution is 2.34. The summed E-state index contributed by atoms with van der Waals surface area (Å²) in [6.07, 6.45) is 0. The maximum Gasteiger partial charge on any atom is 0.534 e. The molecule has 162 valence electrons. The fourth-order valence-corrected chi connectivity index (χ4v) is 3.81. The van der Waals surface area contributed by atoms with Gasteiger partial charge in [0.15, 0.2) is 5.82 Å². The number of hydrogen-bond donors (Lipinski definition) is 0. The summed E-state index contributed by atoms with van der Waals surface area (Å²) in [5.41, 5.74) is -3.64. The molecule has 0 aliphatic carbocycles. The molecule has 0 fully saturated rings. The standard InChI is InChI=1S/C19H14ClF3N4O3S/c1-10-18-26-25-11(2)27(18)16-8-7-14(30-31(28,29)19(21,22)23)9-15(16)17(24-10)12-3-5-13(20)6-4-12/h3-10H,1-2H3/t10-/m0/s1. The molecular weight excluding hydrogens is 457 g/mol. The largest absolute Gasteiger partial charge is 0.534 e. The Morgan fingerprint density at radius 3 is 2.42 bits per heavy atom. The van der Waals surface area contributed by atoms with Gasteiger partial charge in [-0.3, -0.25) is 9.56 Å². The van der Waals surface area contributed by atoms with Crippen LogP contribution in [-0.4, -0.2) is 34.4 Å². The number of fused-ring (bicyclic) bond motifs is 3. The van der Waals surface area contributed by atoms with Gasteiger partial charge in [0, 0.05) is 16.1 Å². The van der Waals surface area contributed by atoms with Crippen molar-refractivity contribution in [3.63, 3.8) is 0 Å². The highest BCUT2D eigenvalue weighted by atomic mass is 35.5. The van der Waals surface area contributed by atoms with E-state index in [0.717, 1.165) is 6.07 Å². The molecule has 0 saturated heterocycles. The monoisotopic (exact) mass is 470 g/mol. The Bertz CT molecular complexity index is 1300. The molecule has 4 rings (SSSR count). The lowest BCUT2D eigenvalue weighted by atomic mass is 10.00. The number of halogens is 4. The Morgan fingerprint density at radius 2 is 1.77 bits per heavy atom. The molecule has 0 unspecified atom stereocenters. The topological polar surface area (TPSA) is 86.4 Å². The van der Waals surface area contributed by atoms with Crippen molar-refractivity contribution in [2.24, 2.45) is 4.99 Å². The Labute approximate surface area is 180 Å². The summed E-state index contributed by atoms with van der Waals surface area (Å²) in [6, 6.07) is 10.0. The quantitative estimate of drug-likeness (QED) is 0.419. The molecule has 1 atom stereocenters. The molecule has 0 amide bonds. The number of aryl methyl sites for hydroxylation is 1. The van der Waals surface area contributed by atoms with E-state index in [9.17, 15) is 21.6 Å². The van der Waals surface area contributed by atoms with E-state index in [4.69, 9.17) is 11.6 Å². The molecule has 3 aromatic rings. The predicted octanol–water partition coefficient (Wildman–Crippen LogP) is 4.37. The molecule has 1 aliphatic heterocycles. The predicted molar refractivity (Wildman–Crippen MR) is 107 cm³/mol. The van der Waals surface area contributed by atoms with Crippen LogP contribution in [0.4, 0.5) is 13.2 Å². The minimum atomic E-state index is -5.83. The van der Waals surface area contributed by atoms with Crippen LogP contribution in [0.15, 0.2) is 47.5 Å². The summed E-state index contributed by atoms with van der Waals surface area (Å²) >= 11 is 5.97. The molecule has 0 spiro atoms. The lowest BCUT2D eigenvalue weighted by Gasteiger charge is -2.15. The molecule has 7 nitrogen and oxygen atoms in total. The van der Waals surface area contributed by atoms with Gasteiger partial charge in [-0.25, -0.2) is 0 Å². The van der Waals surface area contributed by atoms with Crippen LogP contribution in [0.2, 0.25) is 5.02 Å². The highest BCUT2D eigenvalue weighted by Gasteiger charge is 2.48. The number of rotatable bonds is 3. The molecule has 2 aromatic carbocycles. The van der Waals surface area contributed by atoms with E-state index >= 15 is 0 Å². The van der Waals surface area contributed by atoms with E-state index in [-0.39, 0.29) is 0 Å². The smallest absolute Gasteiger partial charge is 0.376 e. The zero-order valence-electron chi connectivity index (χ0n) is 16.1. The molecule has 1 aromatic heterocycles. The van der Waals surface area contributed by atoms with Gasteiger partial charge in [-0.1, -0.05) is 23.7 Å². The molecular formula is C19H14ClF3N4O3S. The number of alkyl halides is 3. The lowest BCUT2D eigenvalue weighted by Crippen LogP contribution is -2.28. The lowest BCUT2D eigenvalue weighted by molar-refractivity contribution is -0.0500. The molecule has 2 heterocycles. The number of benzene rings is 2. The molecule has 0 bridgehead atoms. The first-order chi connectivity index (χ1) is 14.5. The molecule has 1 aliphatic rings. The van der Waals surface area contributed by atoms with E-state index in [1.807, 2.05) is 0 Å². The van der Waals surface area contributed by atoms with E-state index in [1.54, 1.807) is 42.7 Å². The minimum absolute atomic E-state index is 0.352. The van der Waals surface area contributed by atoms with Gasteiger partial charge in [0.05, 0.1) is 11.4 Å². The fourth-order valence-electron chi connectivity index (χ4n) is 3.23. The van der Waals surface area contributed by atoms with Crippen molar-refractivity contribution in [1.29, 1.82) is 0 Å². The number of nitrogens with zero attached hydrogens (tertiary/aromatic N) is 4. The maximum absolute atomic E-state index is 12.8. The van der Waals surface area contributed by atoms with Crippen LogP contribution in [0.5, 0.6) is 5.75 Å². The maximum atomic E-state index is 12.8. The highest BCUT2D eigenvalue weighted by molar-refractivity contribution is 7.88. The van der Waals surface area contributed by atoms with Crippen LogP contribution in [0.25, 0.3) is 5.69 Å². The molecule has 31 heavy (non-hydrogen) atoms. The Kier molecular flexibility index (Phi) is 5.05. The first-order valence-corrected chi connectivity index (χ1v) is 10.7. The van der Waals surface area contributed by atoms with Crippen molar-refractivity contribution in [3.05, 3.63) is 70.3 Å². The third kappa shape index (κ3) is 3.79. The Morgan fingerprint density at radius 1 is 1.10 bits per heavy atom. The van der Waals surface area contributed by atoms with Gasteiger partial charge in [-0.15, -0.1) is 10.2 Å². The van der Waals surface area contributed by atoms with Crippen molar-refractivity contribution in [1.82, 2.24) is 14.8 Å². The van der Waals surface area contributed by atoms with Crippen molar-refractivity contribution in [3.8, 4) is 11.4 Å². The third-order valence-electron chi connectivity index (χ3n) is 4.62. The summed E-state index contributed by atoms with van der Waals surface area (Å²) in [4.78, 5) is 4.68. The van der Waals surface area contributed by atoms with Gasteiger partial charge in [0.2, 0.25) is 0 Å². The first-order valence-electron chi connectivity index (χ1n) is 8.89. The number of hydrogen-bond acceptors (Lipinski definition) is 6. The van der Waals surface area contributed by atoms with E-state index < -0.39 is 27.4 Å². The number of aromatic nitrogens is 3. The second-order valence-corrected chi connectivity index (χ2v) is 8.74. The molecule has 0 radical (unpaired) electrons. The third-order valence-corrected chi connectivity index (χ3v) is 5.85. The molecule has 0 saturated carbocycles. The Balaban J connectivity index is 1.94. The Hall–Kier alpha value is -2.92. The zero-order chi connectivity index (χ0) is 22.6. The van der Waals surface area contributed by atoms with Crippen LogP contribution in [0.1, 0.15) is 35.7 Å². The van der Waals surface area contributed by atoms with Gasteiger partial charge in [0.25, 0.3) is 0 Å². The second kappa shape index (κ2) is 7.34. The van der Waals surface area contributed by atoms with Gasteiger partial charge in [0.1, 0.15) is 17.6 Å². The van der Waals surface area contributed by atoms with Crippen LogP contribution >= 0.6 is 11.6 Å². The van der Waals surface area contributed by atoms with Gasteiger partial charge in [-0.2, -0.15) is 21.6 Å². The van der Waals surface area contributed by atoms with Crippen molar-refractivity contribution < 1.29 is 25.8 Å². The van der Waals surface area contributed by atoms with Crippen molar-refractivity contribution >= 4 is 27.4 Å². The van der Waals surface area contributed by atoms with Crippen LogP contribution in [0.3, 0.4) is 0 Å². The van der Waals surface area contributed by atoms with Crippen LogP contribution < -0.4 is 4.18 Å². The average molecular weight is 471 g/mol. The summed E-state index contributed by atoms with van der Waals surface area (Å²) in [5.74, 6) is 0.561. The van der Waals surface area contributed by atoms with Crippen LogP contribution in [0, 0.1) is 6.92 Å². The normalized spacial score (nSPS) is 16.2. The summed E-state index contributed by atoms with van der Waals surface area (Å²) in [5, 5.41) is 8.72. The van der Waals surface area contributed by atoms with Gasteiger partial charge in [-0.05, 0) is 44.2 Å². The summed E-state index contributed by atoms with van der Waals surface area (Å²) < 4.78 is 67.4. The van der Waals surface area contributed by atoms with Crippen LogP contribution in [-0.2, 0) is 10.1 Å². The fraction of sp³-hybridized carbons (Fsp3) is 0.211. The summed E-state index contributed by atoms with van der Waals surface area (Å²) in [6.45, 7) is 3.52. The SMILES string of the molecule is Cc1nnc2n1-c1ccc(OS(=O)(=O)C(F)(F)F)cc1C(c1ccc(Cl)cc1)=N[C@H]2C. The van der Waals surface area contributed by atoms with Crippen molar-refractivity contribution in [2.75, 3.05) is 0 Å². The molecule has 12 heteroatoms. The average Bonchev–Trinajstić information content (AvgIpc) is 3.01. The van der Waals surface area contributed by atoms with E-state index in [0.29, 0.717) is 39.2 Å².